The zero-order chi connectivity index (χ0) is 14.8. The maximum absolute atomic E-state index is 13.8. The molecule has 1 aliphatic rings. The molecule has 112 valence electrons. The molecule has 4 nitrogen and oxygen atoms in total. The first-order chi connectivity index (χ1) is 8.54. The number of aliphatic hydroxyl groups excluding tert-OH is 1. The summed E-state index contributed by atoms with van der Waals surface area (Å²) in [4.78, 5) is 13.2. The third-order valence-electron chi connectivity index (χ3n) is 3.17. The highest BCUT2D eigenvalue weighted by atomic mass is 19.3. The summed E-state index contributed by atoms with van der Waals surface area (Å²) in [6, 6.07) is 0. The van der Waals surface area contributed by atoms with Gasteiger partial charge in [0, 0.05) is 19.0 Å². The van der Waals surface area contributed by atoms with Crippen LogP contribution in [-0.2, 0) is 4.74 Å². The van der Waals surface area contributed by atoms with Crippen molar-refractivity contribution in [1.82, 2.24) is 4.90 Å². The van der Waals surface area contributed by atoms with Gasteiger partial charge in [0.05, 0.1) is 0 Å². The second kappa shape index (κ2) is 5.61. The first kappa shape index (κ1) is 16.1. The van der Waals surface area contributed by atoms with Gasteiger partial charge in [0.1, 0.15) is 11.7 Å². The van der Waals surface area contributed by atoms with Crippen molar-refractivity contribution in [3.05, 3.63) is 0 Å². The highest BCUT2D eigenvalue weighted by molar-refractivity contribution is 5.68. The van der Waals surface area contributed by atoms with E-state index in [1.54, 1.807) is 20.8 Å². The molecular weight excluding hydrogens is 256 g/mol. The molecule has 2 atom stereocenters. The third-order valence-corrected chi connectivity index (χ3v) is 3.17. The van der Waals surface area contributed by atoms with E-state index < -0.39 is 29.6 Å². The van der Waals surface area contributed by atoms with Crippen LogP contribution in [0.25, 0.3) is 0 Å². The van der Waals surface area contributed by atoms with Gasteiger partial charge >= 0.3 is 6.09 Å². The van der Waals surface area contributed by atoms with Crippen LogP contribution in [0.5, 0.6) is 0 Å². The van der Waals surface area contributed by atoms with Gasteiger partial charge in [-0.25, -0.2) is 13.6 Å². The van der Waals surface area contributed by atoms with Gasteiger partial charge in [0.15, 0.2) is 0 Å². The Bertz CT molecular complexity index is 326. The zero-order valence-corrected chi connectivity index (χ0v) is 11.9. The molecule has 0 aromatic rings. The second-order valence-electron chi connectivity index (χ2n) is 6.12. The van der Waals surface area contributed by atoms with Crippen molar-refractivity contribution in [2.24, 2.45) is 5.92 Å². The summed E-state index contributed by atoms with van der Waals surface area (Å²) in [6.07, 6.45) is -1.49. The molecular formula is C13H23F2NO3. The van der Waals surface area contributed by atoms with Crippen molar-refractivity contribution in [2.45, 2.75) is 58.2 Å². The Morgan fingerprint density at radius 1 is 1.42 bits per heavy atom. The van der Waals surface area contributed by atoms with Crippen LogP contribution in [-0.4, -0.2) is 46.8 Å². The quantitative estimate of drug-likeness (QED) is 0.845. The van der Waals surface area contributed by atoms with Crippen LogP contribution in [0.2, 0.25) is 0 Å². The highest BCUT2D eigenvalue weighted by Crippen LogP contribution is 2.35. The molecule has 0 spiro atoms. The van der Waals surface area contributed by atoms with Crippen LogP contribution in [0.1, 0.15) is 40.5 Å². The summed E-state index contributed by atoms with van der Waals surface area (Å²) in [5.41, 5.74) is -0.642. The van der Waals surface area contributed by atoms with Crippen molar-refractivity contribution in [3.63, 3.8) is 0 Å². The van der Waals surface area contributed by atoms with E-state index in [0.29, 0.717) is 19.4 Å². The average molecular weight is 279 g/mol. The van der Waals surface area contributed by atoms with E-state index in [4.69, 9.17) is 9.84 Å². The van der Waals surface area contributed by atoms with Gasteiger partial charge in [-0.05, 0) is 40.5 Å². The number of carbonyl (C=O) groups excluding carboxylic acids is 1. The van der Waals surface area contributed by atoms with Crippen molar-refractivity contribution in [2.75, 3.05) is 13.1 Å². The fraction of sp³-hybridized carbons (Fsp3) is 0.923. The van der Waals surface area contributed by atoms with Gasteiger partial charge in [0.2, 0.25) is 0 Å². The number of halogens is 2. The maximum Gasteiger partial charge on any atom is 0.410 e. The number of aliphatic hydroxyl groups is 1. The van der Waals surface area contributed by atoms with Gasteiger partial charge < -0.3 is 14.7 Å². The number of hydrogen-bond acceptors (Lipinski definition) is 3. The van der Waals surface area contributed by atoms with E-state index in [0.717, 1.165) is 6.92 Å². The predicted molar refractivity (Wildman–Crippen MR) is 67.2 cm³/mol. The van der Waals surface area contributed by atoms with Crippen molar-refractivity contribution in [3.8, 4) is 0 Å². The summed E-state index contributed by atoms with van der Waals surface area (Å²) >= 11 is 0. The fourth-order valence-electron chi connectivity index (χ4n) is 2.12. The summed E-state index contributed by atoms with van der Waals surface area (Å²) in [7, 11) is 0. The lowest BCUT2D eigenvalue weighted by Gasteiger charge is -2.38. The third kappa shape index (κ3) is 4.30. The normalized spacial score (nSPS) is 23.1. The number of ether oxygens (including phenoxy) is 1. The zero-order valence-electron chi connectivity index (χ0n) is 11.9. The summed E-state index contributed by atoms with van der Waals surface area (Å²) in [5.74, 6) is -4.20. The van der Waals surface area contributed by atoms with E-state index in [1.165, 1.54) is 4.90 Å². The van der Waals surface area contributed by atoms with Gasteiger partial charge in [-0.2, -0.15) is 0 Å². The molecule has 0 aromatic carbocycles. The number of amides is 1. The smallest absolute Gasteiger partial charge is 0.410 e. The van der Waals surface area contributed by atoms with Crippen molar-refractivity contribution >= 4 is 6.09 Å². The molecule has 0 saturated carbocycles. The lowest BCUT2D eigenvalue weighted by molar-refractivity contribution is -0.152. The summed E-state index contributed by atoms with van der Waals surface area (Å²) < 4.78 is 32.7. The van der Waals surface area contributed by atoms with Gasteiger partial charge in [0.25, 0.3) is 5.92 Å². The number of piperidine rings is 1. The Hall–Kier alpha value is -0.910. The minimum absolute atomic E-state index is 0.0766. The molecule has 1 aliphatic heterocycles. The molecule has 0 aromatic heterocycles. The van der Waals surface area contributed by atoms with Gasteiger partial charge in [-0.3, -0.25) is 0 Å². The van der Waals surface area contributed by atoms with E-state index >= 15 is 0 Å². The lowest BCUT2D eigenvalue weighted by atomic mass is 9.89. The van der Waals surface area contributed by atoms with Gasteiger partial charge in [-0.15, -0.1) is 0 Å². The molecule has 0 radical (unpaired) electrons. The molecule has 0 bridgehead atoms. The standard InChI is InChI=1S/C13H23F2NO3/c1-9(17)13(14,15)10-6-5-7-16(8-10)11(18)19-12(2,3)4/h9-10,17H,5-8H2,1-4H3. The summed E-state index contributed by atoms with van der Waals surface area (Å²) in [6.45, 7) is 6.62. The van der Waals surface area contributed by atoms with Crippen LogP contribution in [0.4, 0.5) is 13.6 Å². The van der Waals surface area contributed by atoms with Crippen LogP contribution < -0.4 is 0 Å². The molecule has 1 fully saturated rings. The predicted octanol–water partition coefficient (Wildman–Crippen LogP) is 2.65. The topological polar surface area (TPSA) is 49.8 Å². The molecule has 2 unspecified atom stereocenters. The second-order valence-corrected chi connectivity index (χ2v) is 6.12. The van der Waals surface area contributed by atoms with Crippen LogP contribution >= 0.6 is 0 Å². The van der Waals surface area contributed by atoms with E-state index in [9.17, 15) is 13.6 Å². The minimum atomic E-state index is -3.18. The fourth-order valence-corrected chi connectivity index (χ4v) is 2.12. The lowest BCUT2D eigenvalue weighted by Crippen LogP contribution is -2.50. The Kier molecular flexibility index (Phi) is 4.76. The average Bonchev–Trinajstić information content (AvgIpc) is 2.26. The van der Waals surface area contributed by atoms with Crippen molar-refractivity contribution < 1.29 is 23.4 Å². The van der Waals surface area contributed by atoms with E-state index in [2.05, 4.69) is 0 Å². The first-order valence-corrected chi connectivity index (χ1v) is 6.58. The van der Waals surface area contributed by atoms with Gasteiger partial charge in [-0.1, -0.05) is 0 Å². The van der Waals surface area contributed by atoms with Crippen LogP contribution in [0.3, 0.4) is 0 Å². The Morgan fingerprint density at radius 3 is 2.47 bits per heavy atom. The molecule has 1 rings (SSSR count). The molecule has 0 aliphatic carbocycles. The molecule has 1 amide bonds. The SMILES string of the molecule is CC(O)C(F)(F)C1CCCN(C(=O)OC(C)(C)C)C1. The van der Waals surface area contributed by atoms with Crippen LogP contribution in [0.15, 0.2) is 0 Å². The number of alkyl halides is 2. The molecule has 1 saturated heterocycles. The monoisotopic (exact) mass is 279 g/mol. The molecule has 1 heterocycles. The Balaban J connectivity index is 2.67. The summed E-state index contributed by atoms with van der Waals surface area (Å²) in [5, 5.41) is 9.16. The largest absolute Gasteiger partial charge is 0.444 e. The number of nitrogens with zero attached hydrogens (tertiary/aromatic N) is 1. The number of hydrogen-bond donors (Lipinski definition) is 1. The maximum atomic E-state index is 13.8. The van der Waals surface area contributed by atoms with Crippen LogP contribution in [0, 0.1) is 5.92 Å². The van der Waals surface area contributed by atoms with E-state index in [1.807, 2.05) is 0 Å². The molecule has 6 heteroatoms. The van der Waals surface area contributed by atoms with E-state index in [-0.39, 0.29) is 6.54 Å². The number of likely N-dealkylation sites (tertiary alicyclic amines) is 1. The minimum Gasteiger partial charge on any atom is -0.444 e. The first-order valence-electron chi connectivity index (χ1n) is 6.58. The molecule has 1 N–H and O–H groups in total. The number of carbonyl (C=O) groups is 1. The highest BCUT2D eigenvalue weighted by Gasteiger charge is 2.46. The Morgan fingerprint density at radius 2 is 2.00 bits per heavy atom. The number of rotatable bonds is 2. The Labute approximate surface area is 112 Å². The van der Waals surface area contributed by atoms with Crippen molar-refractivity contribution in [1.29, 1.82) is 0 Å². The molecule has 19 heavy (non-hydrogen) atoms.